The van der Waals surface area contributed by atoms with Crippen LogP contribution in [0.1, 0.15) is 32.4 Å². The highest BCUT2D eigenvalue weighted by molar-refractivity contribution is 5.67. The van der Waals surface area contributed by atoms with Crippen molar-refractivity contribution in [3.63, 3.8) is 0 Å². The monoisotopic (exact) mass is 301 g/mol. The molecule has 0 saturated carbocycles. The summed E-state index contributed by atoms with van der Waals surface area (Å²) < 4.78 is 17.9. The zero-order valence-corrected chi connectivity index (χ0v) is 12.1. The molecule has 21 heavy (non-hydrogen) atoms. The molecule has 0 aliphatic heterocycles. The minimum absolute atomic E-state index is 0.132. The van der Waals surface area contributed by atoms with E-state index in [1.807, 2.05) is 0 Å². The number of halogens is 1. The predicted molar refractivity (Wildman–Crippen MR) is 73.3 cm³/mol. The van der Waals surface area contributed by atoms with Gasteiger partial charge in [-0.15, -0.1) is 0 Å². The lowest BCUT2D eigenvalue weighted by atomic mass is 10.0. The lowest BCUT2D eigenvalue weighted by Gasteiger charge is -2.22. The van der Waals surface area contributed by atoms with E-state index in [0.29, 0.717) is 0 Å². The number of ether oxygens (including phenoxy) is 1. The van der Waals surface area contributed by atoms with Crippen LogP contribution >= 0.6 is 0 Å². The number of nitrogens with one attached hydrogen (secondary N) is 1. The molecule has 1 rings (SSSR count). The first-order valence-corrected chi connectivity index (χ1v) is 6.41. The molecule has 0 fully saturated rings. The molecule has 0 aromatic heterocycles. The highest BCUT2D eigenvalue weighted by Crippen LogP contribution is 2.23. The number of carbonyl (C=O) groups excluding carboxylic acids is 1. The molecule has 0 radical (unpaired) electrons. The first-order chi connectivity index (χ1) is 9.60. The van der Waals surface area contributed by atoms with Crippen molar-refractivity contribution in [3.8, 4) is 5.75 Å². The van der Waals surface area contributed by atoms with E-state index in [1.165, 1.54) is 6.07 Å². The molecule has 0 bridgehead atoms. The molecule has 6 nitrogen and oxygen atoms in total. The standard InChI is InChI=1S/C14H20FNO5/c1-14(2,3)21-13(20)16-7-11(18)12(19)8-4-5-9(15)10(17)6-8/h4-6,11-12,17-19H,7H2,1-3H3,(H,16,20). The van der Waals surface area contributed by atoms with Crippen LogP contribution in [-0.4, -0.2) is 39.7 Å². The number of amides is 1. The van der Waals surface area contributed by atoms with Crippen LogP contribution in [0.5, 0.6) is 5.75 Å². The Morgan fingerprint density at radius 2 is 2.00 bits per heavy atom. The lowest BCUT2D eigenvalue weighted by Crippen LogP contribution is -2.38. The lowest BCUT2D eigenvalue weighted by molar-refractivity contribution is 0.0128. The van der Waals surface area contributed by atoms with E-state index in [9.17, 15) is 24.5 Å². The molecule has 0 aliphatic carbocycles. The SMILES string of the molecule is CC(C)(C)OC(=O)NCC(O)C(O)c1ccc(F)c(O)c1. The number of rotatable bonds is 4. The van der Waals surface area contributed by atoms with Crippen molar-refractivity contribution in [2.75, 3.05) is 6.54 Å². The van der Waals surface area contributed by atoms with Crippen LogP contribution in [0.15, 0.2) is 18.2 Å². The molecule has 118 valence electrons. The van der Waals surface area contributed by atoms with E-state index in [1.54, 1.807) is 20.8 Å². The Kier molecular flexibility index (Phi) is 5.51. The largest absolute Gasteiger partial charge is 0.505 e. The first kappa shape index (κ1) is 17.2. The van der Waals surface area contributed by atoms with Crippen LogP contribution in [-0.2, 0) is 4.74 Å². The molecule has 1 aromatic rings. The number of hydrogen-bond acceptors (Lipinski definition) is 5. The molecule has 0 spiro atoms. The Balaban J connectivity index is 2.56. The number of alkyl carbamates (subject to hydrolysis) is 1. The van der Waals surface area contributed by atoms with E-state index >= 15 is 0 Å². The fraction of sp³-hybridized carbons (Fsp3) is 0.500. The van der Waals surface area contributed by atoms with Gasteiger partial charge in [0.05, 0.1) is 0 Å². The fourth-order valence-electron chi connectivity index (χ4n) is 1.55. The number of phenolic OH excluding ortho intramolecular Hbond substituents is 1. The summed E-state index contributed by atoms with van der Waals surface area (Å²) in [6.07, 6.45) is -3.44. The van der Waals surface area contributed by atoms with Crippen LogP contribution in [0.3, 0.4) is 0 Å². The van der Waals surface area contributed by atoms with Crippen molar-refractivity contribution < 1.29 is 29.2 Å². The third kappa shape index (κ3) is 5.57. The van der Waals surface area contributed by atoms with Gasteiger partial charge in [0.15, 0.2) is 11.6 Å². The Morgan fingerprint density at radius 3 is 2.52 bits per heavy atom. The zero-order valence-electron chi connectivity index (χ0n) is 12.1. The Bertz CT molecular complexity index is 501. The number of aromatic hydroxyl groups is 1. The molecule has 2 unspecified atom stereocenters. The van der Waals surface area contributed by atoms with Gasteiger partial charge in [0, 0.05) is 6.54 Å². The van der Waals surface area contributed by atoms with Gasteiger partial charge >= 0.3 is 6.09 Å². The van der Waals surface area contributed by atoms with Crippen LogP contribution in [0.25, 0.3) is 0 Å². The molecule has 0 heterocycles. The van der Waals surface area contributed by atoms with Crippen molar-refractivity contribution >= 4 is 6.09 Å². The third-order valence-electron chi connectivity index (χ3n) is 2.53. The van der Waals surface area contributed by atoms with E-state index in [2.05, 4.69) is 5.32 Å². The average Bonchev–Trinajstić information content (AvgIpc) is 2.36. The summed E-state index contributed by atoms with van der Waals surface area (Å²) in [6.45, 7) is 4.83. The molecular formula is C14H20FNO5. The fourth-order valence-corrected chi connectivity index (χ4v) is 1.55. The minimum atomic E-state index is -1.38. The van der Waals surface area contributed by atoms with Gasteiger partial charge in [-0.2, -0.15) is 0 Å². The molecule has 0 aliphatic rings. The van der Waals surface area contributed by atoms with Gasteiger partial charge in [0.25, 0.3) is 0 Å². The summed E-state index contributed by atoms with van der Waals surface area (Å²) in [5.74, 6) is -1.45. The molecule has 0 saturated heterocycles. The second kappa shape index (κ2) is 6.73. The first-order valence-electron chi connectivity index (χ1n) is 6.41. The highest BCUT2D eigenvalue weighted by Gasteiger charge is 2.22. The van der Waals surface area contributed by atoms with Gasteiger partial charge in [-0.1, -0.05) is 6.07 Å². The second-order valence-corrected chi connectivity index (χ2v) is 5.61. The number of phenols is 1. The zero-order chi connectivity index (χ0) is 16.2. The number of aliphatic hydroxyl groups excluding tert-OH is 2. The van der Waals surface area contributed by atoms with Crippen LogP contribution < -0.4 is 5.32 Å². The molecule has 2 atom stereocenters. The van der Waals surface area contributed by atoms with E-state index < -0.39 is 35.5 Å². The number of hydrogen-bond donors (Lipinski definition) is 4. The van der Waals surface area contributed by atoms with Gasteiger partial charge in [0.2, 0.25) is 0 Å². The maximum Gasteiger partial charge on any atom is 0.407 e. The summed E-state index contributed by atoms with van der Waals surface area (Å²) >= 11 is 0. The van der Waals surface area contributed by atoms with E-state index in [0.717, 1.165) is 12.1 Å². The van der Waals surface area contributed by atoms with Gasteiger partial charge < -0.3 is 25.4 Å². The van der Waals surface area contributed by atoms with Gasteiger partial charge in [-0.25, -0.2) is 9.18 Å². The number of carbonyl (C=O) groups is 1. The predicted octanol–water partition coefficient (Wildman–Crippen LogP) is 1.45. The Morgan fingerprint density at radius 1 is 1.38 bits per heavy atom. The van der Waals surface area contributed by atoms with Crippen molar-refractivity contribution in [2.24, 2.45) is 0 Å². The maximum absolute atomic E-state index is 12.9. The Labute approximate surface area is 122 Å². The van der Waals surface area contributed by atoms with Crippen molar-refractivity contribution in [3.05, 3.63) is 29.6 Å². The third-order valence-corrected chi connectivity index (χ3v) is 2.53. The average molecular weight is 301 g/mol. The second-order valence-electron chi connectivity index (χ2n) is 5.61. The normalized spacial score (nSPS) is 14.4. The number of benzene rings is 1. The maximum atomic E-state index is 12.9. The Hall–Kier alpha value is -1.86. The van der Waals surface area contributed by atoms with Gasteiger partial charge in [-0.05, 0) is 38.5 Å². The van der Waals surface area contributed by atoms with Gasteiger partial charge in [0.1, 0.15) is 17.8 Å². The van der Waals surface area contributed by atoms with Crippen LogP contribution in [0.2, 0.25) is 0 Å². The summed E-state index contributed by atoms with van der Waals surface area (Å²) in [6, 6.07) is 3.22. The highest BCUT2D eigenvalue weighted by atomic mass is 19.1. The van der Waals surface area contributed by atoms with E-state index in [-0.39, 0.29) is 12.1 Å². The molecular weight excluding hydrogens is 281 g/mol. The van der Waals surface area contributed by atoms with Crippen molar-refractivity contribution in [1.29, 1.82) is 0 Å². The smallest absolute Gasteiger partial charge is 0.407 e. The molecule has 4 N–H and O–H groups in total. The van der Waals surface area contributed by atoms with Crippen molar-refractivity contribution in [1.82, 2.24) is 5.32 Å². The molecule has 7 heteroatoms. The minimum Gasteiger partial charge on any atom is -0.505 e. The van der Waals surface area contributed by atoms with Crippen molar-refractivity contribution in [2.45, 2.75) is 38.6 Å². The van der Waals surface area contributed by atoms with Crippen LogP contribution in [0, 0.1) is 5.82 Å². The summed E-state index contributed by atoms with van der Waals surface area (Å²) in [5.41, 5.74) is -0.538. The summed E-state index contributed by atoms with van der Waals surface area (Å²) in [4.78, 5) is 11.4. The van der Waals surface area contributed by atoms with Gasteiger partial charge in [-0.3, -0.25) is 0 Å². The topological polar surface area (TPSA) is 99.0 Å². The quantitative estimate of drug-likeness (QED) is 0.674. The molecule has 1 aromatic carbocycles. The number of aliphatic hydroxyl groups is 2. The summed E-state index contributed by atoms with van der Waals surface area (Å²) in [5, 5.41) is 31.2. The van der Waals surface area contributed by atoms with E-state index in [4.69, 9.17) is 4.74 Å². The summed E-state index contributed by atoms with van der Waals surface area (Å²) in [7, 11) is 0. The molecule has 1 amide bonds. The van der Waals surface area contributed by atoms with Crippen LogP contribution in [0.4, 0.5) is 9.18 Å².